The van der Waals surface area contributed by atoms with Gasteiger partial charge in [0, 0.05) is 6.54 Å². The van der Waals surface area contributed by atoms with Crippen molar-refractivity contribution >= 4 is 5.97 Å². The largest absolute Gasteiger partial charge is 0.480 e. The van der Waals surface area contributed by atoms with Crippen LogP contribution < -0.4 is 5.32 Å². The molecule has 0 amide bonds. The highest BCUT2D eigenvalue weighted by Gasteiger charge is 2.57. The highest BCUT2D eigenvalue weighted by molar-refractivity contribution is 5.79. The van der Waals surface area contributed by atoms with Gasteiger partial charge in [-0.25, -0.2) is 4.79 Å². The maximum atomic E-state index is 12.7. The highest BCUT2D eigenvalue weighted by Crippen LogP contribution is 2.34. The van der Waals surface area contributed by atoms with Gasteiger partial charge in [0.1, 0.15) is 0 Å². The Kier molecular flexibility index (Phi) is 4.57. The Balaban J connectivity index is 3.06. The van der Waals surface area contributed by atoms with Crippen LogP contribution in [0.4, 0.5) is 26.3 Å². The van der Waals surface area contributed by atoms with E-state index in [2.05, 4.69) is 0 Å². The molecular weight excluding hydrogens is 304 g/mol. The third-order valence-electron chi connectivity index (χ3n) is 2.95. The van der Waals surface area contributed by atoms with Crippen molar-refractivity contribution in [3.8, 4) is 0 Å². The first-order valence-electron chi connectivity index (χ1n) is 5.60. The van der Waals surface area contributed by atoms with Crippen LogP contribution in [0.5, 0.6) is 0 Å². The van der Waals surface area contributed by atoms with E-state index < -0.39 is 41.5 Å². The molecule has 0 aliphatic heterocycles. The summed E-state index contributed by atoms with van der Waals surface area (Å²) in [6.45, 7) is -0.538. The second-order valence-corrected chi connectivity index (χ2v) is 4.44. The van der Waals surface area contributed by atoms with Gasteiger partial charge in [-0.2, -0.15) is 26.3 Å². The van der Waals surface area contributed by atoms with E-state index >= 15 is 0 Å². The molecule has 0 aliphatic carbocycles. The molecule has 0 radical (unpaired) electrons. The quantitative estimate of drug-likeness (QED) is 0.839. The van der Waals surface area contributed by atoms with Gasteiger partial charge in [-0.05, 0) is 18.6 Å². The number of aliphatic carboxylic acids is 1. The lowest BCUT2D eigenvalue weighted by atomic mass is 10.00. The number of carbonyl (C=O) groups is 1. The molecule has 0 saturated carbocycles. The zero-order valence-electron chi connectivity index (χ0n) is 10.6. The first-order chi connectivity index (χ1) is 9.39. The Morgan fingerprint density at radius 2 is 1.67 bits per heavy atom. The van der Waals surface area contributed by atoms with Gasteiger partial charge in [0.05, 0.1) is 5.56 Å². The van der Waals surface area contributed by atoms with Crippen molar-refractivity contribution < 1.29 is 36.2 Å². The molecular formula is C12H11F6NO2. The van der Waals surface area contributed by atoms with Crippen molar-refractivity contribution in [3.63, 3.8) is 0 Å². The average Bonchev–Trinajstić information content (AvgIpc) is 2.33. The SMILES string of the molecule is CC(NCc1ccccc1C(F)(F)F)(C(=O)O)C(F)(F)F. The molecule has 0 spiro atoms. The lowest BCUT2D eigenvalue weighted by Gasteiger charge is -2.29. The Morgan fingerprint density at radius 1 is 1.14 bits per heavy atom. The third kappa shape index (κ3) is 3.66. The molecule has 0 aromatic heterocycles. The summed E-state index contributed by atoms with van der Waals surface area (Å²) >= 11 is 0. The summed E-state index contributed by atoms with van der Waals surface area (Å²) < 4.78 is 76.3. The molecule has 0 fully saturated rings. The van der Waals surface area contributed by atoms with Crippen LogP contribution in [0.1, 0.15) is 18.1 Å². The van der Waals surface area contributed by atoms with Gasteiger partial charge in [-0.15, -0.1) is 0 Å². The van der Waals surface area contributed by atoms with Gasteiger partial charge in [0.25, 0.3) is 0 Å². The molecule has 118 valence electrons. The molecule has 0 bridgehead atoms. The number of halogens is 6. The van der Waals surface area contributed by atoms with Crippen LogP contribution in [0.2, 0.25) is 0 Å². The first-order valence-corrected chi connectivity index (χ1v) is 5.60. The number of alkyl halides is 6. The number of rotatable bonds is 4. The highest BCUT2D eigenvalue weighted by atomic mass is 19.4. The number of carboxylic acid groups (broad SMARTS) is 1. The monoisotopic (exact) mass is 315 g/mol. The van der Waals surface area contributed by atoms with Crippen molar-refractivity contribution in [2.24, 2.45) is 0 Å². The van der Waals surface area contributed by atoms with Gasteiger partial charge in [0.2, 0.25) is 5.54 Å². The molecule has 21 heavy (non-hydrogen) atoms. The van der Waals surface area contributed by atoms with Crippen LogP contribution in [-0.4, -0.2) is 22.8 Å². The lowest BCUT2D eigenvalue weighted by Crippen LogP contribution is -2.59. The van der Waals surface area contributed by atoms with Crippen molar-refractivity contribution in [3.05, 3.63) is 35.4 Å². The standard InChI is InChI=1S/C12H11F6NO2/c1-10(9(20)21,12(16,17)18)19-6-7-4-2-3-5-8(7)11(13,14)15/h2-5,19H,6H2,1H3,(H,20,21). The van der Waals surface area contributed by atoms with Crippen molar-refractivity contribution in [1.82, 2.24) is 5.32 Å². The van der Waals surface area contributed by atoms with Gasteiger partial charge in [-0.1, -0.05) is 18.2 Å². The molecule has 0 aliphatic rings. The van der Waals surface area contributed by atoms with Crippen molar-refractivity contribution in [2.75, 3.05) is 0 Å². The predicted octanol–water partition coefficient (Wildman–Crippen LogP) is 3.20. The summed E-state index contributed by atoms with van der Waals surface area (Å²) in [5.74, 6) is -2.22. The number of hydrogen-bond donors (Lipinski definition) is 2. The smallest absolute Gasteiger partial charge is 0.417 e. The Bertz CT molecular complexity index is 525. The first kappa shape index (κ1) is 17.3. The molecule has 1 rings (SSSR count). The minimum absolute atomic E-state index is 0.353. The number of benzene rings is 1. The maximum Gasteiger partial charge on any atom is 0.417 e. The van der Waals surface area contributed by atoms with E-state index in [0.717, 1.165) is 12.1 Å². The van der Waals surface area contributed by atoms with Crippen LogP contribution in [0.15, 0.2) is 24.3 Å². The van der Waals surface area contributed by atoms with E-state index in [4.69, 9.17) is 5.11 Å². The van der Waals surface area contributed by atoms with Gasteiger partial charge in [-0.3, -0.25) is 5.32 Å². The van der Waals surface area contributed by atoms with E-state index in [1.807, 2.05) is 0 Å². The van der Waals surface area contributed by atoms with Crippen LogP contribution in [-0.2, 0) is 17.5 Å². The molecule has 2 N–H and O–H groups in total. The van der Waals surface area contributed by atoms with E-state index in [1.165, 1.54) is 6.07 Å². The third-order valence-corrected chi connectivity index (χ3v) is 2.95. The van der Waals surface area contributed by atoms with E-state index in [9.17, 15) is 31.1 Å². The zero-order chi connectivity index (χ0) is 16.5. The van der Waals surface area contributed by atoms with E-state index in [1.54, 1.807) is 5.32 Å². The van der Waals surface area contributed by atoms with Gasteiger partial charge < -0.3 is 5.11 Å². The number of hydrogen-bond acceptors (Lipinski definition) is 2. The summed E-state index contributed by atoms with van der Waals surface area (Å²) in [7, 11) is 0. The zero-order valence-corrected chi connectivity index (χ0v) is 10.6. The Hall–Kier alpha value is -1.77. The lowest BCUT2D eigenvalue weighted by molar-refractivity contribution is -0.206. The fourth-order valence-electron chi connectivity index (χ4n) is 1.52. The van der Waals surface area contributed by atoms with Gasteiger partial charge in [0.15, 0.2) is 0 Å². The summed E-state index contributed by atoms with van der Waals surface area (Å²) in [6.07, 6.45) is -9.90. The molecule has 3 nitrogen and oxygen atoms in total. The van der Waals surface area contributed by atoms with Gasteiger partial charge >= 0.3 is 18.3 Å². The molecule has 1 aromatic carbocycles. The maximum absolute atomic E-state index is 12.7. The molecule has 9 heteroatoms. The average molecular weight is 315 g/mol. The number of nitrogens with one attached hydrogen (secondary N) is 1. The second-order valence-electron chi connectivity index (χ2n) is 4.44. The summed E-state index contributed by atoms with van der Waals surface area (Å²) in [4.78, 5) is 10.8. The molecule has 1 unspecified atom stereocenters. The van der Waals surface area contributed by atoms with Crippen molar-refractivity contribution in [2.45, 2.75) is 31.4 Å². The fourth-order valence-corrected chi connectivity index (χ4v) is 1.52. The predicted molar refractivity (Wildman–Crippen MR) is 60.4 cm³/mol. The molecule has 0 heterocycles. The van der Waals surface area contributed by atoms with E-state index in [0.29, 0.717) is 13.0 Å². The minimum atomic E-state index is -5.16. The van der Waals surface area contributed by atoms with Crippen LogP contribution in [0.25, 0.3) is 0 Å². The second kappa shape index (κ2) is 5.55. The molecule has 1 aromatic rings. The molecule has 1 atom stereocenters. The van der Waals surface area contributed by atoms with E-state index in [-0.39, 0.29) is 0 Å². The topological polar surface area (TPSA) is 49.3 Å². The van der Waals surface area contributed by atoms with Crippen LogP contribution in [0.3, 0.4) is 0 Å². The normalized spacial score (nSPS) is 15.6. The molecule has 0 saturated heterocycles. The Labute approximate surface area is 115 Å². The minimum Gasteiger partial charge on any atom is -0.480 e. The summed E-state index contributed by atoms with van der Waals surface area (Å²) in [5, 5.41) is 10.3. The van der Waals surface area contributed by atoms with Crippen LogP contribution in [0, 0.1) is 0 Å². The number of carboxylic acids is 1. The van der Waals surface area contributed by atoms with Crippen LogP contribution >= 0.6 is 0 Å². The van der Waals surface area contributed by atoms with Crippen molar-refractivity contribution in [1.29, 1.82) is 0 Å². The Morgan fingerprint density at radius 3 is 2.10 bits per heavy atom. The summed E-state index contributed by atoms with van der Waals surface area (Å²) in [6, 6.07) is 4.00. The summed E-state index contributed by atoms with van der Waals surface area (Å²) in [5.41, 5.74) is -4.93. The fraction of sp³-hybridized carbons (Fsp3) is 0.417.